The lowest BCUT2D eigenvalue weighted by molar-refractivity contribution is 0.127. The minimum atomic E-state index is 0.231. The lowest BCUT2D eigenvalue weighted by Gasteiger charge is -2.23. The van der Waals surface area contributed by atoms with Gasteiger partial charge in [0.25, 0.3) is 0 Å². The molecule has 0 fully saturated rings. The van der Waals surface area contributed by atoms with E-state index in [4.69, 9.17) is 21.6 Å². The second-order valence-electron chi connectivity index (χ2n) is 4.46. The smallest absolute Gasteiger partial charge is 0.101 e. The molecular weight excluding hydrogens is 248 g/mol. The van der Waals surface area contributed by atoms with Gasteiger partial charge in [-0.2, -0.15) is 5.26 Å². The third kappa shape index (κ3) is 4.21. The molecule has 18 heavy (non-hydrogen) atoms. The Morgan fingerprint density at radius 1 is 1.44 bits per heavy atom. The van der Waals surface area contributed by atoms with Crippen molar-refractivity contribution in [3.8, 4) is 6.07 Å². The molecular formula is C14H19ClN2O. The second-order valence-corrected chi connectivity index (χ2v) is 4.87. The van der Waals surface area contributed by atoms with E-state index in [-0.39, 0.29) is 6.04 Å². The summed E-state index contributed by atoms with van der Waals surface area (Å²) in [6.45, 7) is 7.63. The van der Waals surface area contributed by atoms with Crippen molar-refractivity contribution in [2.75, 3.05) is 18.5 Å². The molecule has 1 rings (SSSR count). The van der Waals surface area contributed by atoms with Gasteiger partial charge in [-0.25, -0.2) is 0 Å². The highest BCUT2D eigenvalue weighted by molar-refractivity contribution is 6.32. The summed E-state index contributed by atoms with van der Waals surface area (Å²) < 4.78 is 5.46. The Bertz CT molecular complexity index is 426. The molecule has 0 heterocycles. The van der Waals surface area contributed by atoms with Gasteiger partial charge in [0.1, 0.15) is 6.07 Å². The second kappa shape index (κ2) is 7.25. The Hall–Kier alpha value is -1.24. The largest absolute Gasteiger partial charge is 0.380 e. The SMILES string of the molecule is CCOCC(Nc1ccc(C#N)c(Cl)c1)C(C)C. The first kappa shape index (κ1) is 14.8. The van der Waals surface area contributed by atoms with E-state index in [0.717, 1.165) is 5.69 Å². The van der Waals surface area contributed by atoms with Crippen molar-refractivity contribution in [2.45, 2.75) is 26.8 Å². The molecule has 98 valence electrons. The average Bonchev–Trinajstić information content (AvgIpc) is 2.34. The van der Waals surface area contributed by atoms with E-state index < -0.39 is 0 Å². The lowest BCUT2D eigenvalue weighted by Crippen LogP contribution is -2.30. The zero-order valence-electron chi connectivity index (χ0n) is 11.0. The van der Waals surface area contributed by atoms with Gasteiger partial charge in [-0.05, 0) is 31.0 Å². The number of anilines is 1. The molecule has 1 aromatic rings. The summed E-state index contributed by atoms with van der Waals surface area (Å²) in [4.78, 5) is 0. The quantitative estimate of drug-likeness (QED) is 0.854. The predicted molar refractivity (Wildman–Crippen MR) is 74.9 cm³/mol. The topological polar surface area (TPSA) is 45.0 Å². The Labute approximate surface area is 114 Å². The lowest BCUT2D eigenvalue weighted by atomic mass is 10.0. The molecule has 0 radical (unpaired) electrons. The van der Waals surface area contributed by atoms with Crippen molar-refractivity contribution in [2.24, 2.45) is 5.92 Å². The van der Waals surface area contributed by atoms with E-state index in [2.05, 4.69) is 19.2 Å². The van der Waals surface area contributed by atoms with Crippen LogP contribution < -0.4 is 5.32 Å². The van der Waals surface area contributed by atoms with Gasteiger partial charge in [-0.1, -0.05) is 25.4 Å². The van der Waals surface area contributed by atoms with Crippen LogP contribution in [0, 0.1) is 17.2 Å². The van der Waals surface area contributed by atoms with Gasteiger partial charge in [0.05, 0.1) is 23.2 Å². The number of halogens is 1. The third-order valence-electron chi connectivity index (χ3n) is 2.75. The predicted octanol–water partition coefficient (Wildman–Crippen LogP) is 3.68. The molecule has 1 N–H and O–H groups in total. The summed E-state index contributed by atoms with van der Waals surface area (Å²) in [6.07, 6.45) is 0. The molecule has 0 amide bonds. The van der Waals surface area contributed by atoms with Crippen LogP contribution in [0.4, 0.5) is 5.69 Å². The number of nitrogens with one attached hydrogen (secondary N) is 1. The van der Waals surface area contributed by atoms with Crippen LogP contribution in [0.15, 0.2) is 18.2 Å². The van der Waals surface area contributed by atoms with Crippen molar-refractivity contribution >= 4 is 17.3 Å². The Morgan fingerprint density at radius 3 is 2.67 bits per heavy atom. The van der Waals surface area contributed by atoms with Crippen molar-refractivity contribution in [3.63, 3.8) is 0 Å². The highest BCUT2D eigenvalue weighted by Gasteiger charge is 2.13. The zero-order valence-corrected chi connectivity index (χ0v) is 11.8. The maximum absolute atomic E-state index is 8.82. The van der Waals surface area contributed by atoms with E-state index >= 15 is 0 Å². The summed E-state index contributed by atoms with van der Waals surface area (Å²) in [6, 6.07) is 7.65. The maximum atomic E-state index is 8.82. The zero-order chi connectivity index (χ0) is 13.5. The van der Waals surface area contributed by atoms with E-state index in [1.807, 2.05) is 19.1 Å². The van der Waals surface area contributed by atoms with Gasteiger partial charge in [0.2, 0.25) is 0 Å². The van der Waals surface area contributed by atoms with Gasteiger partial charge in [-0.15, -0.1) is 0 Å². The van der Waals surface area contributed by atoms with Crippen molar-refractivity contribution in [1.82, 2.24) is 0 Å². The van der Waals surface area contributed by atoms with E-state index in [0.29, 0.717) is 29.7 Å². The first-order valence-electron chi connectivity index (χ1n) is 6.12. The molecule has 1 atom stereocenters. The number of hydrogen-bond acceptors (Lipinski definition) is 3. The summed E-state index contributed by atoms with van der Waals surface area (Å²) in [5.41, 5.74) is 1.41. The van der Waals surface area contributed by atoms with Crippen LogP contribution in [0.1, 0.15) is 26.3 Å². The summed E-state index contributed by atoms with van der Waals surface area (Å²) in [5.74, 6) is 0.450. The molecule has 3 nitrogen and oxygen atoms in total. The normalized spacial score (nSPS) is 12.2. The first-order valence-corrected chi connectivity index (χ1v) is 6.50. The molecule has 0 aliphatic carbocycles. The number of benzene rings is 1. The minimum Gasteiger partial charge on any atom is -0.380 e. The summed E-state index contributed by atoms with van der Waals surface area (Å²) in [5, 5.41) is 12.7. The number of ether oxygens (including phenoxy) is 1. The molecule has 4 heteroatoms. The molecule has 1 unspecified atom stereocenters. The highest BCUT2D eigenvalue weighted by atomic mass is 35.5. The van der Waals surface area contributed by atoms with Gasteiger partial charge in [0, 0.05) is 12.3 Å². The van der Waals surface area contributed by atoms with Crippen molar-refractivity contribution in [3.05, 3.63) is 28.8 Å². The average molecular weight is 267 g/mol. The minimum absolute atomic E-state index is 0.231. The molecule has 0 spiro atoms. The van der Waals surface area contributed by atoms with Crippen LogP contribution >= 0.6 is 11.6 Å². The molecule has 0 bridgehead atoms. The van der Waals surface area contributed by atoms with Crippen LogP contribution in [0.3, 0.4) is 0 Å². The number of nitriles is 1. The van der Waals surface area contributed by atoms with E-state index in [1.165, 1.54) is 0 Å². The molecule has 0 saturated heterocycles. The molecule has 0 aromatic heterocycles. The highest BCUT2D eigenvalue weighted by Crippen LogP contribution is 2.21. The van der Waals surface area contributed by atoms with Gasteiger partial charge >= 0.3 is 0 Å². The summed E-state index contributed by atoms with van der Waals surface area (Å²) in [7, 11) is 0. The van der Waals surface area contributed by atoms with Gasteiger partial charge < -0.3 is 10.1 Å². The fraction of sp³-hybridized carbons (Fsp3) is 0.500. The Balaban J connectivity index is 2.75. The number of rotatable bonds is 6. The van der Waals surface area contributed by atoms with Gasteiger partial charge in [0.15, 0.2) is 0 Å². The van der Waals surface area contributed by atoms with Crippen LogP contribution in [-0.4, -0.2) is 19.3 Å². The van der Waals surface area contributed by atoms with Crippen LogP contribution in [0.25, 0.3) is 0 Å². The van der Waals surface area contributed by atoms with E-state index in [1.54, 1.807) is 12.1 Å². The van der Waals surface area contributed by atoms with Crippen molar-refractivity contribution in [1.29, 1.82) is 5.26 Å². The third-order valence-corrected chi connectivity index (χ3v) is 3.06. The molecule has 0 saturated carbocycles. The molecule has 0 aliphatic rings. The van der Waals surface area contributed by atoms with Crippen molar-refractivity contribution < 1.29 is 4.74 Å². The monoisotopic (exact) mass is 266 g/mol. The number of nitrogens with zero attached hydrogens (tertiary/aromatic N) is 1. The number of hydrogen-bond donors (Lipinski definition) is 1. The summed E-state index contributed by atoms with van der Waals surface area (Å²) >= 11 is 6.00. The van der Waals surface area contributed by atoms with Crippen LogP contribution in [0.2, 0.25) is 5.02 Å². The Morgan fingerprint density at radius 2 is 2.17 bits per heavy atom. The van der Waals surface area contributed by atoms with Crippen LogP contribution in [-0.2, 0) is 4.74 Å². The first-order chi connectivity index (χ1) is 8.58. The molecule has 0 aliphatic heterocycles. The molecule has 1 aromatic carbocycles. The fourth-order valence-corrected chi connectivity index (χ4v) is 1.78. The standard InChI is InChI=1S/C14H19ClN2O/c1-4-18-9-14(10(2)3)17-12-6-5-11(8-16)13(15)7-12/h5-7,10,14,17H,4,9H2,1-3H3. The Kier molecular flexibility index (Phi) is 5.97. The van der Waals surface area contributed by atoms with Crippen LogP contribution in [0.5, 0.6) is 0 Å². The maximum Gasteiger partial charge on any atom is 0.101 e. The fourth-order valence-electron chi connectivity index (χ4n) is 1.56. The van der Waals surface area contributed by atoms with E-state index in [9.17, 15) is 0 Å². The van der Waals surface area contributed by atoms with Gasteiger partial charge in [-0.3, -0.25) is 0 Å².